The van der Waals surface area contributed by atoms with Gasteiger partial charge in [-0.2, -0.15) is 0 Å². The van der Waals surface area contributed by atoms with Crippen LogP contribution in [0.5, 0.6) is 0 Å². The second-order valence-corrected chi connectivity index (χ2v) is 7.24. The minimum atomic E-state index is -0.538. The van der Waals surface area contributed by atoms with Gasteiger partial charge >= 0.3 is 0 Å². The highest BCUT2D eigenvalue weighted by Crippen LogP contribution is 2.29. The summed E-state index contributed by atoms with van der Waals surface area (Å²) >= 11 is 1.43. The van der Waals surface area contributed by atoms with Crippen LogP contribution < -0.4 is 11.1 Å². The largest absolute Gasteiger partial charge is 0.366 e. The third-order valence-electron chi connectivity index (χ3n) is 4.32. The lowest BCUT2D eigenvalue weighted by Crippen LogP contribution is -2.14. The molecular weight excluding hydrogens is 386 g/mol. The Hall–Kier alpha value is -3.78. The number of amides is 2. The number of benzene rings is 1. The van der Waals surface area contributed by atoms with Gasteiger partial charge in [-0.05, 0) is 17.7 Å². The van der Waals surface area contributed by atoms with E-state index in [4.69, 9.17) is 5.73 Å². The lowest BCUT2D eigenvalue weighted by atomic mass is 10.0. The summed E-state index contributed by atoms with van der Waals surface area (Å²) in [7, 11) is 0. The number of pyridine rings is 1. The molecule has 0 radical (unpaired) electrons. The first-order valence-electron chi connectivity index (χ1n) is 8.83. The minimum absolute atomic E-state index is 0.179. The van der Waals surface area contributed by atoms with Gasteiger partial charge in [-0.15, -0.1) is 11.3 Å². The number of hydrogen-bond acceptors (Lipinski definition) is 5. The van der Waals surface area contributed by atoms with Crippen LogP contribution in [-0.2, 0) is 16.0 Å². The number of aromatic nitrogens is 3. The molecule has 4 rings (SSSR count). The molecule has 3 aromatic heterocycles. The molecule has 0 aliphatic heterocycles. The fourth-order valence-electron chi connectivity index (χ4n) is 3.04. The summed E-state index contributed by atoms with van der Waals surface area (Å²) in [6.45, 7) is 0. The van der Waals surface area contributed by atoms with E-state index in [1.54, 1.807) is 30.7 Å². The second kappa shape index (κ2) is 8.07. The van der Waals surface area contributed by atoms with Crippen LogP contribution in [0, 0.1) is 0 Å². The summed E-state index contributed by atoms with van der Waals surface area (Å²) in [5.41, 5.74) is 8.60. The summed E-state index contributed by atoms with van der Waals surface area (Å²) in [4.78, 5) is 36.0. The van der Waals surface area contributed by atoms with Gasteiger partial charge < -0.3 is 16.0 Å². The molecule has 3 heterocycles. The van der Waals surface area contributed by atoms with Gasteiger partial charge in [0.15, 0.2) is 0 Å². The third kappa shape index (κ3) is 4.07. The molecule has 8 heteroatoms. The molecule has 0 unspecified atom stereocenters. The predicted molar refractivity (Wildman–Crippen MR) is 114 cm³/mol. The zero-order valence-corrected chi connectivity index (χ0v) is 16.1. The molecule has 0 aliphatic carbocycles. The normalized spacial score (nSPS) is 11.5. The van der Waals surface area contributed by atoms with Crippen molar-refractivity contribution in [3.63, 3.8) is 0 Å². The number of carbonyl (C=O) groups is 2. The number of rotatable bonds is 6. The van der Waals surface area contributed by atoms with Crippen molar-refractivity contribution in [2.24, 2.45) is 5.73 Å². The number of aromatic amines is 1. The van der Waals surface area contributed by atoms with Crippen molar-refractivity contribution in [3.8, 4) is 0 Å². The van der Waals surface area contributed by atoms with Crippen molar-refractivity contribution in [1.82, 2.24) is 15.0 Å². The molecule has 4 N–H and O–H groups in total. The van der Waals surface area contributed by atoms with Crippen LogP contribution in [0.3, 0.4) is 0 Å². The van der Waals surface area contributed by atoms with Gasteiger partial charge in [0.1, 0.15) is 10.7 Å². The number of fused-ring (bicyclic) bond motifs is 1. The maximum atomic E-state index is 12.4. The molecule has 4 aromatic rings. The van der Waals surface area contributed by atoms with Crippen molar-refractivity contribution in [1.29, 1.82) is 0 Å². The highest BCUT2D eigenvalue weighted by molar-refractivity contribution is 7.09. The van der Waals surface area contributed by atoms with Crippen molar-refractivity contribution < 1.29 is 9.59 Å². The number of carbonyl (C=O) groups excluding carboxylic acids is 2. The van der Waals surface area contributed by atoms with Gasteiger partial charge in [-0.25, -0.2) is 9.97 Å². The molecule has 29 heavy (non-hydrogen) atoms. The van der Waals surface area contributed by atoms with Gasteiger partial charge in [-0.1, -0.05) is 30.3 Å². The quantitative estimate of drug-likeness (QED) is 0.429. The fraction of sp³-hybridized carbons (Fsp3) is 0.0476. The molecule has 2 amide bonds. The van der Waals surface area contributed by atoms with Crippen LogP contribution in [0.2, 0.25) is 0 Å². The number of nitrogens with two attached hydrogens (primary N) is 1. The van der Waals surface area contributed by atoms with Crippen LogP contribution in [0.4, 0.5) is 5.69 Å². The van der Waals surface area contributed by atoms with E-state index in [9.17, 15) is 9.59 Å². The fourth-order valence-corrected chi connectivity index (χ4v) is 3.66. The number of primary amides is 1. The Morgan fingerprint density at radius 2 is 1.97 bits per heavy atom. The van der Waals surface area contributed by atoms with E-state index in [-0.39, 0.29) is 12.3 Å². The van der Waals surface area contributed by atoms with E-state index >= 15 is 0 Å². The van der Waals surface area contributed by atoms with Gasteiger partial charge in [0, 0.05) is 40.5 Å². The van der Waals surface area contributed by atoms with E-state index in [0.29, 0.717) is 33.4 Å². The molecule has 7 nitrogen and oxygen atoms in total. The number of anilines is 1. The Balaban J connectivity index is 1.72. The maximum Gasteiger partial charge on any atom is 0.249 e. The molecule has 0 saturated carbocycles. The Kier molecular flexibility index (Phi) is 5.17. The monoisotopic (exact) mass is 403 g/mol. The van der Waals surface area contributed by atoms with Crippen molar-refractivity contribution in [2.75, 3.05) is 5.32 Å². The third-order valence-corrected chi connectivity index (χ3v) is 5.10. The smallest absolute Gasteiger partial charge is 0.249 e. The van der Waals surface area contributed by atoms with E-state index < -0.39 is 5.91 Å². The van der Waals surface area contributed by atoms with Crippen LogP contribution >= 0.6 is 11.3 Å². The topological polar surface area (TPSA) is 114 Å². The van der Waals surface area contributed by atoms with Gasteiger partial charge in [0.2, 0.25) is 11.8 Å². The SMILES string of the molecule is NC(=O)/C(=C\c1c[nH]c2nccc(NC(=O)Cc3nccs3)c12)c1ccccc1. The van der Waals surface area contributed by atoms with Crippen molar-refractivity contribution in [3.05, 3.63) is 76.5 Å². The standard InChI is InChI=1S/C21H17N5O2S/c22-20(28)15(13-4-2-1-3-5-13)10-14-12-25-21-19(14)16(6-7-24-21)26-17(27)11-18-23-8-9-29-18/h1-10,12H,11H2,(H2,22,28)(H2,24,25,26,27)/b15-10-. The molecule has 1 aromatic carbocycles. The highest BCUT2D eigenvalue weighted by Gasteiger charge is 2.15. The molecule has 0 saturated heterocycles. The van der Waals surface area contributed by atoms with E-state index in [2.05, 4.69) is 20.3 Å². The second-order valence-electron chi connectivity index (χ2n) is 6.27. The lowest BCUT2D eigenvalue weighted by molar-refractivity contribution is -0.115. The average Bonchev–Trinajstić information content (AvgIpc) is 3.37. The predicted octanol–water partition coefficient (Wildman–Crippen LogP) is 3.23. The van der Waals surface area contributed by atoms with E-state index in [0.717, 1.165) is 5.01 Å². The first kappa shape index (κ1) is 18.6. The zero-order chi connectivity index (χ0) is 20.2. The van der Waals surface area contributed by atoms with E-state index in [1.807, 2.05) is 35.7 Å². The number of hydrogen-bond donors (Lipinski definition) is 3. The Bertz CT molecular complexity index is 1200. The molecule has 0 bridgehead atoms. The number of thiazole rings is 1. The summed E-state index contributed by atoms with van der Waals surface area (Å²) in [6.07, 6.45) is 6.90. The van der Waals surface area contributed by atoms with Crippen LogP contribution in [0.15, 0.2) is 60.4 Å². The molecule has 0 atom stereocenters. The summed E-state index contributed by atoms with van der Waals surface area (Å²) in [5, 5.41) is 6.19. The van der Waals surface area contributed by atoms with Crippen LogP contribution in [-0.4, -0.2) is 26.8 Å². The number of nitrogens with one attached hydrogen (secondary N) is 2. The molecule has 0 spiro atoms. The van der Waals surface area contributed by atoms with Crippen molar-refractivity contribution in [2.45, 2.75) is 6.42 Å². The Morgan fingerprint density at radius 3 is 2.69 bits per heavy atom. The molecule has 144 valence electrons. The average molecular weight is 403 g/mol. The van der Waals surface area contributed by atoms with Gasteiger partial charge in [-0.3, -0.25) is 9.59 Å². The number of H-pyrrole nitrogens is 1. The van der Waals surface area contributed by atoms with Gasteiger partial charge in [0.25, 0.3) is 0 Å². The minimum Gasteiger partial charge on any atom is -0.366 e. The Labute approximate surface area is 170 Å². The summed E-state index contributed by atoms with van der Waals surface area (Å²) in [5.74, 6) is -0.717. The first-order chi connectivity index (χ1) is 14.1. The maximum absolute atomic E-state index is 12.4. The highest BCUT2D eigenvalue weighted by atomic mass is 32.1. The first-order valence-corrected chi connectivity index (χ1v) is 9.71. The lowest BCUT2D eigenvalue weighted by Gasteiger charge is -2.07. The molecular formula is C21H17N5O2S. The molecule has 0 fully saturated rings. The van der Waals surface area contributed by atoms with Crippen LogP contribution in [0.1, 0.15) is 16.1 Å². The van der Waals surface area contributed by atoms with Crippen molar-refractivity contribution >= 4 is 51.5 Å². The molecule has 0 aliphatic rings. The van der Waals surface area contributed by atoms with E-state index in [1.165, 1.54) is 11.3 Å². The van der Waals surface area contributed by atoms with Gasteiger partial charge in [0.05, 0.1) is 12.1 Å². The Morgan fingerprint density at radius 1 is 1.14 bits per heavy atom. The number of nitrogens with zero attached hydrogens (tertiary/aromatic N) is 2. The van der Waals surface area contributed by atoms with Crippen LogP contribution in [0.25, 0.3) is 22.7 Å². The summed E-state index contributed by atoms with van der Waals surface area (Å²) < 4.78 is 0. The summed E-state index contributed by atoms with van der Waals surface area (Å²) in [6, 6.07) is 10.9. The zero-order valence-electron chi connectivity index (χ0n) is 15.3.